The van der Waals surface area contributed by atoms with Gasteiger partial charge in [-0.1, -0.05) is 28.1 Å². The minimum atomic E-state index is -1.10. The predicted molar refractivity (Wildman–Crippen MR) is 62.2 cm³/mol. The van der Waals surface area contributed by atoms with Crippen molar-refractivity contribution in [3.63, 3.8) is 0 Å². The topological polar surface area (TPSA) is 63.6 Å². The summed E-state index contributed by atoms with van der Waals surface area (Å²) >= 11 is 3.26. The van der Waals surface area contributed by atoms with E-state index in [-0.39, 0.29) is 11.3 Å². The molecular weight excluding hydrogens is 276 g/mol. The molecule has 0 fully saturated rings. The van der Waals surface area contributed by atoms with E-state index in [4.69, 9.17) is 9.84 Å². The van der Waals surface area contributed by atoms with E-state index in [1.165, 1.54) is 13.0 Å². The van der Waals surface area contributed by atoms with Gasteiger partial charge >= 0.3 is 11.9 Å². The van der Waals surface area contributed by atoms with Gasteiger partial charge in [0.1, 0.15) is 11.3 Å². The molecule has 0 saturated heterocycles. The van der Waals surface area contributed by atoms with E-state index in [1.807, 2.05) is 0 Å². The maximum absolute atomic E-state index is 11.0. The van der Waals surface area contributed by atoms with E-state index in [0.717, 1.165) is 0 Å². The second-order valence-corrected chi connectivity index (χ2v) is 3.92. The van der Waals surface area contributed by atoms with Crippen molar-refractivity contribution in [3.05, 3.63) is 29.3 Å². The summed E-state index contributed by atoms with van der Waals surface area (Å²) in [6, 6.07) is 4.79. The Morgan fingerprint density at radius 2 is 2.12 bits per heavy atom. The summed E-state index contributed by atoms with van der Waals surface area (Å²) in [7, 11) is 0. The number of rotatable bonds is 4. The number of halogens is 1. The van der Waals surface area contributed by atoms with Crippen molar-refractivity contribution in [1.29, 1.82) is 0 Å². The summed E-state index contributed by atoms with van der Waals surface area (Å²) in [6.45, 7) is 1.25. The lowest BCUT2D eigenvalue weighted by atomic mass is 10.1. The van der Waals surface area contributed by atoms with Crippen molar-refractivity contribution < 1.29 is 19.4 Å². The first-order chi connectivity index (χ1) is 7.56. The molecule has 1 aromatic rings. The summed E-state index contributed by atoms with van der Waals surface area (Å²) < 4.78 is 4.95. The zero-order valence-electron chi connectivity index (χ0n) is 8.70. The number of carbonyl (C=O) groups is 2. The lowest BCUT2D eigenvalue weighted by Crippen LogP contribution is -2.10. The van der Waals surface area contributed by atoms with Gasteiger partial charge in [-0.2, -0.15) is 0 Å². The van der Waals surface area contributed by atoms with Gasteiger partial charge in [-0.05, 0) is 18.1 Å². The average molecular weight is 287 g/mol. The molecule has 0 aliphatic carbocycles. The highest BCUT2D eigenvalue weighted by molar-refractivity contribution is 9.09. The first-order valence-electron chi connectivity index (χ1n) is 4.65. The van der Waals surface area contributed by atoms with Gasteiger partial charge in [-0.3, -0.25) is 4.79 Å². The highest BCUT2D eigenvalue weighted by Crippen LogP contribution is 2.25. The molecule has 0 saturated carbocycles. The second-order valence-electron chi connectivity index (χ2n) is 3.13. The number of hydrogen-bond acceptors (Lipinski definition) is 3. The van der Waals surface area contributed by atoms with Crippen molar-refractivity contribution in [2.75, 3.05) is 5.33 Å². The van der Waals surface area contributed by atoms with E-state index in [1.54, 1.807) is 12.1 Å². The fourth-order valence-corrected chi connectivity index (χ4v) is 1.74. The van der Waals surface area contributed by atoms with Gasteiger partial charge in [0.05, 0.1) is 0 Å². The molecule has 1 aromatic carbocycles. The highest BCUT2D eigenvalue weighted by Gasteiger charge is 2.16. The molecule has 0 aromatic heterocycles. The minimum absolute atomic E-state index is 0.00801. The summed E-state index contributed by atoms with van der Waals surface area (Å²) in [5.74, 6) is -1.49. The zero-order valence-corrected chi connectivity index (χ0v) is 10.3. The van der Waals surface area contributed by atoms with Crippen LogP contribution < -0.4 is 4.74 Å². The van der Waals surface area contributed by atoms with Crippen molar-refractivity contribution in [2.45, 2.75) is 13.3 Å². The molecule has 0 heterocycles. The quantitative estimate of drug-likeness (QED) is 0.524. The van der Waals surface area contributed by atoms with E-state index < -0.39 is 11.9 Å². The van der Waals surface area contributed by atoms with E-state index in [2.05, 4.69) is 15.9 Å². The van der Waals surface area contributed by atoms with Crippen molar-refractivity contribution in [3.8, 4) is 5.75 Å². The zero-order chi connectivity index (χ0) is 12.1. The third-order valence-corrected chi connectivity index (χ3v) is 2.33. The number of aryl methyl sites for hydroxylation is 1. The molecule has 0 atom stereocenters. The van der Waals surface area contributed by atoms with Crippen molar-refractivity contribution in [1.82, 2.24) is 0 Å². The second kappa shape index (κ2) is 5.65. The van der Waals surface area contributed by atoms with Crippen LogP contribution in [0.4, 0.5) is 0 Å². The molecular formula is C11H11BrO4. The Morgan fingerprint density at radius 1 is 1.44 bits per heavy atom. The Labute approximate surface area is 101 Å². The molecule has 0 amide bonds. The molecule has 0 spiro atoms. The number of ether oxygens (including phenoxy) is 1. The van der Waals surface area contributed by atoms with Crippen molar-refractivity contribution in [2.24, 2.45) is 0 Å². The number of esters is 1. The predicted octanol–water partition coefficient (Wildman–Crippen LogP) is 2.25. The molecule has 0 bridgehead atoms. The summed E-state index contributed by atoms with van der Waals surface area (Å²) in [6.07, 6.45) is 0.601. The van der Waals surface area contributed by atoms with E-state index in [9.17, 15) is 9.59 Å². The third kappa shape index (κ3) is 3.06. The number of para-hydroxylation sites is 1. The van der Waals surface area contributed by atoms with Crippen LogP contribution in [0.1, 0.15) is 22.8 Å². The fourth-order valence-electron chi connectivity index (χ4n) is 1.32. The van der Waals surface area contributed by atoms with Crippen LogP contribution in [0.5, 0.6) is 5.75 Å². The van der Waals surface area contributed by atoms with Crippen LogP contribution in [0.3, 0.4) is 0 Å². The summed E-state index contributed by atoms with van der Waals surface area (Å²) in [4.78, 5) is 21.9. The molecule has 0 radical (unpaired) electrons. The van der Waals surface area contributed by atoms with Crippen molar-refractivity contribution >= 4 is 27.9 Å². The molecule has 86 valence electrons. The van der Waals surface area contributed by atoms with E-state index >= 15 is 0 Å². The molecule has 0 unspecified atom stereocenters. The number of benzene rings is 1. The molecule has 1 rings (SSSR count). The minimum Gasteiger partial charge on any atom is -0.478 e. The molecule has 5 heteroatoms. The van der Waals surface area contributed by atoms with Crippen LogP contribution in [0.2, 0.25) is 0 Å². The van der Waals surface area contributed by atoms with Gasteiger partial charge in [0.15, 0.2) is 0 Å². The van der Waals surface area contributed by atoms with Gasteiger partial charge in [0, 0.05) is 12.3 Å². The lowest BCUT2D eigenvalue weighted by Gasteiger charge is -2.10. The average Bonchev–Trinajstić information content (AvgIpc) is 2.19. The number of hydrogen-bond donors (Lipinski definition) is 1. The molecule has 0 aliphatic heterocycles. The summed E-state index contributed by atoms with van der Waals surface area (Å²) in [5, 5.41) is 9.64. The standard InChI is InChI=1S/C11H11BrO4/c1-7(13)16-10-8(5-6-12)3-2-4-9(10)11(14)15/h2-4H,5-6H2,1H3,(H,14,15). The van der Waals surface area contributed by atoms with Gasteiger partial charge in [-0.25, -0.2) is 4.79 Å². The first-order valence-corrected chi connectivity index (χ1v) is 5.78. The number of carboxylic acids is 1. The van der Waals surface area contributed by atoms with Crippen LogP contribution in [-0.2, 0) is 11.2 Å². The van der Waals surface area contributed by atoms with Gasteiger partial charge in [-0.15, -0.1) is 0 Å². The normalized spacial score (nSPS) is 9.88. The SMILES string of the molecule is CC(=O)Oc1c(CCBr)cccc1C(=O)O. The van der Waals surface area contributed by atoms with Gasteiger partial charge < -0.3 is 9.84 Å². The van der Waals surface area contributed by atoms with Crippen LogP contribution in [0.15, 0.2) is 18.2 Å². The van der Waals surface area contributed by atoms with Crippen LogP contribution in [0.25, 0.3) is 0 Å². The monoisotopic (exact) mass is 286 g/mol. The lowest BCUT2D eigenvalue weighted by molar-refractivity contribution is -0.131. The Balaban J connectivity index is 3.22. The van der Waals surface area contributed by atoms with Crippen LogP contribution >= 0.6 is 15.9 Å². The van der Waals surface area contributed by atoms with Gasteiger partial charge in [0.25, 0.3) is 0 Å². The Morgan fingerprint density at radius 3 is 2.62 bits per heavy atom. The number of aromatic carboxylic acids is 1. The first kappa shape index (κ1) is 12.7. The van der Waals surface area contributed by atoms with Crippen LogP contribution in [0, 0.1) is 0 Å². The largest absolute Gasteiger partial charge is 0.478 e. The molecule has 0 aliphatic rings. The molecule has 4 nitrogen and oxygen atoms in total. The Bertz CT molecular complexity index is 414. The highest BCUT2D eigenvalue weighted by atomic mass is 79.9. The smallest absolute Gasteiger partial charge is 0.339 e. The van der Waals surface area contributed by atoms with E-state index in [0.29, 0.717) is 17.3 Å². The third-order valence-electron chi connectivity index (χ3n) is 1.94. The Kier molecular flexibility index (Phi) is 4.49. The molecule has 16 heavy (non-hydrogen) atoms. The van der Waals surface area contributed by atoms with Gasteiger partial charge in [0.2, 0.25) is 0 Å². The number of alkyl halides is 1. The van der Waals surface area contributed by atoms with Crippen LogP contribution in [-0.4, -0.2) is 22.4 Å². The number of carbonyl (C=O) groups excluding carboxylic acids is 1. The maximum Gasteiger partial charge on any atom is 0.339 e. The fraction of sp³-hybridized carbons (Fsp3) is 0.273. The molecule has 1 N–H and O–H groups in total. The number of carboxylic acid groups (broad SMARTS) is 1. The summed E-state index contributed by atoms with van der Waals surface area (Å²) in [5.41, 5.74) is 0.709. The maximum atomic E-state index is 11.0. The Hall–Kier alpha value is -1.36.